The predicted octanol–water partition coefficient (Wildman–Crippen LogP) is 3.69. The molecule has 0 atom stereocenters. The van der Waals surface area contributed by atoms with E-state index in [9.17, 15) is 0 Å². The third kappa shape index (κ3) is 3.35. The summed E-state index contributed by atoms with van der Waals surface area (Å²) in [6, 6.07) is 33.8. The van der Waals surface area contributed by atoms with E-state index in [0.717, 1.165) is 0 Å². The van der Waals surface area contributed by atoms with Crippen LogP contribution in [0.2, 0.25) is 5.82 Å². The lowest BCUT2D eigenvalue weighted by molar-refractivity contribution is 0.497. The molecule has 0 spiro atoms. The third-order valence-electron chi connectivity index (χ3n) is 6.33. The van der Waals surface area contributed by atoms with Gasteiger partial charge in [-0.15, -0.1) is 0 Å². The van der Waals surface area contributed by atoms with Crippen molar-refractivity contribution in [2.45, 2.75) is 37.9 Å². The van der Waals surface area contributed by atoms with Gasteiger partial charge in [0.1, 0.15) is 0 Å². The smallest absolute Gasteiger partial charge is 0.0842 e. The molecule has 0 heterocycles. The van der Waals surface area contributed by atoms with E-state index in [4.69, 9.17) is 0 Å². The maximum Gasteiger partial charge on any atom is 0.0842 e. The van der Waals surface area contributed by atoms with Crippen LogP contribution in [0.1, 0.15) is 32.1 Å². The Hall–Kier alpha value is -1.93. The van der Waals surface area contributed by atoms with Crippen molar-refractivity contribution in [1.82, 2.24) is 0 Å². The number of hydrogen-bond acceptors (Lipinski definition) is 0. The maximum absolute atomic E-state index is 2.36. The molecule has 1 aliphatic carbocycles. The molecule has 26 heavy (non-hydrogen) atoms. The van der Waals surface area contributed by atoms with Crippen LogP contribution in [0, 0.1) is 0 Å². The van der Waals surface area contributed by atoms with Gasteiger partial charge in [0.15, 0.2) is 0 Å². The number of rotatable bonds is 4. The first-order valence-electron chi connectivity index (χ1n) is 9.75. The van der Waals surface area contributed by atoms with Gasteiger partial charge in [-0.1, -0.05) is 137 Å². The second-order valence-corrected chi connectivity index (χ2v) is 7.56. The Morgan fingerprint density at radius 3 is 1.19 bits per heavy atom. The molecule has 134 valence electrons. The molecule has 0 saturated heterocycles. The predicted molar refractivity (Wildman–Crippen MR) is 122 cm³/mol. The van der Waals surface area contributed by atoms with E-state index in [1.54, 1.807) is 0 Å². The minimum atomic E-state index is -0.939. The first kappa shape index (κ1) is 18.9. The monoisotopic (exact) mass is 360 g/mol. The van der Waals surface area contributed by atoms with Crippen molar-refractivity contribution in [3.8, 4) is 0 Å². The molecule has 1 saturated carbocycles. The van der Waals surface area contributed by atoms with Crippen LogP contribution in [0.25, 0.3) is 0 Å². The quantitative estimate of drug-likeness (QED) is 0.492. The van der Waals surface area contributed by atoms with Gasteiger partial charge < -0.3 is 0 Å². The normalized spacial score (nSPS) is 15.2. The lowest BCUT2D eigenvalue weighted by Crippen LogP contribution is -2.70. The average molecular weight is 360 g/mol. The molecule has 0 nitrogen and oxygen atoms in total. The summed E-state index contributed by atoms with van der Waals surface area (Å²) in [6.07, 6.45) is 5.84. The lowest BCUT2D eigenvalue weighted by Gasteiger charge is -2.51. The van der Waals surface area contributed by atoms with Gasteiger partial charge in [0.05, 0.1) is 6.15 Å². The molecule has 0 aromatic heterocycles. The number of hydrogen-bond donors (Lipinski definition) is 0. The molecule has 2 heteroatoms. The van der Waals surface area contributed by atoms with Crippen LogP contribution in [0.15, 0.2) is 91.0 Å². The van der Waals surface area contributed by atoms with Crippen molar-refractivity contribution < 1.29 is 0 Å². The van der Waals surface area contributed by atoms with Gasteiger partial charge in [-0.25, -0.2) is 0 Å². The summed E-state index contributed by atoms with van der Waals surface area (Å²) in [6.45, 7) is 0. The van der Waals surface area contributed by atoms with Crippen LogP contribution < -0.4 is 16.4 Å². The van der Waals surface area contributed by atoms with Crippen LogP contribution in [0.3, 0.4) is 0 Å². The second kappa shape index (κ2) is 8.64. The molecule has 1 aliphatic rings. The fourth-order valence-electron chi connectivity index (χ4n) is 5.30. The molecule has 0 amide bonds. The van der Waals surface area contributed by atoms with Crippen LogP contribution in [-0.4, -0.2) is 6.15 Å². The van der Waals surface area contributed by atoms with Crippen molar-refractivity contribution in [3.05, 3.63) is 91.0 Å². The molecule has 4 rings (SSSR count). The maximum atomic E-state index is 2.36. The van der Waals surface area contributed by atoms with E-state index in [1.807, 2.05) is 0 Å². The van der Waals surface area contributed by atoms with E-state index in [-0.39, 0.29) is 13.5 Å². The minimum Gasteiger partial charge on any atom is -0.200 e. The van der Waals surface area contributed by atoms with E-state index in [2.05, 4.69) is 91.0 Å². The van der Waals surface area contributed by atoms with E-state index in [0.29, 0.717) is 5.82 Å². The van der Waals surface area contributed by atoms with E-state index < -0.39 is 6.15 Å². The van der Waals surface area contributed by atoms with E-state index in [1.165, 1.54) is 48.5 Å². The zero-order chi connectivity index (χ0) is 17.0. The van der Waals surface area contributed by atoms with Crippen LogP contribution in [-0.2, 0) is 13.5 Å². The highest BCUT2D eigenvalue weighted by Crippen LogP contribution is 2.36. The van der Waals surface area contributed by atoms with Gasteiger partial charge in [-0.05, 0) is 0 Å². The SMILES string of the molecule is [SH3+].c1ccc([B-](c2ccccc2)(c2ccccc2)C2CCCCC2)cc1. The van der Waals surface area contributed by atoms with Crippen molar-refractivity contribution in [2.75, 3.05) is 0 Å². The topological polar surface area (TPSA) is 0 Å². The summed E-state index contributed by atoms with van der Waals surface area (Å²) in [5.74, 6) is 0.709. The fourth-order valence-corrected chi connectivity index (χ4v) is 5.30. The molecule has 0 radical (unpaired) electrons. The van der Waals surface area contributed by atoms with Crippen molar-refractivity contribution in [3.63, 3.8) is 0 Å². The van der Waals surface area contributed by atoms with Gasteiger partial charge in [0.25, 0.3) is 0 Å². The van der Waals surface area contributed by atoms with Gasteiger partial charge in [-0.2, -0.15) is 22.2 Å². The Kier molecular flexibility index (Phi) is 6.27. The first-order chi connectivity index (χ1) is 12.4. The highest BCUT2D eigenvalue weighted by Gasteiger charge is 2.37. The Labute approximate surface area is 165 Å². The lowest BCUT2D eigenvalue weighted by atomic mass is 9.10. The minimum absolute atomic E-state index is 0. The highest BCUT2D eigenvalue weighted by molar-refractivity contribution is 7.37. The summed E-state index contributed by atoms with van der Waals surface area (Å²) in [5, 5.41) is 0. The Morgan fingerprint density at radius 2 is 0.846 bits per heavy atom. The molecular formula is C24H29BS. The highest BCUT2D eigenvalue weighted by atomic mass is 32.1. The molecule has 3 aromatic rings. The summed E-state index contributed by atoms with van der Waals surface area (Å²) in [4.78, 5) is 0. The van der Waals surface area contributed by atoms with Crippen molar-refractivity contribution >= 4 is 36.0 Å². The summed E-state index contributed by atoms with van der Waals surface area (Å²) >= 11 is 0. The molecule has 0 N–H and O–H groups in total. The Bertz CT molecular complexity index is 684. The third-order valence-corrected chi connectivity index (χ3v) is 6.33. The number of benzene rings is 3. The zero-order valence-corrected chi connectivity index (χ0v) is 16.6. The fraction of sp³-hybridized carbons (Fsp3) is 0.250. The summed E-state index contributed by atoms with van der Waals surface area (Å²) in [5.41, 5.74) is 4.48. The van der Waals surface area contributed by atoms with Crippen LogP contribution in [0.4, 0.5) is 0 Å². The van der Waals surface area contributed by atoms with Gasteiger partial charge in [0, 0.05) is 0 Å². The molecule has 3 aromatic carbocycles. The Morgan fingerprint density at radius 1 is 0.500 bits per heavy atom. The largest absolute Gasteiger partial charge is 0.200 e. The van der Waals surface area contributed by atoms with E-state index >= 15 is 0 Å². The Balaban J connectivity index is 0.00000196. The van der Waals surface area contributed by atoms with Crippen molar-refractivity contribution in [1.29, 1.82) is 0 Å². The van der Waals surface area contributed by atoms with Gasteiger partial charge >= 0.3 is 0 Å². The second-order valence-electron chi connectivity index (χ2n) is 7.56. The average Bonchev–Trinajstić information content (AvgIpc) is 2.72. The van der Waals surface area contributed by atoms with Crippen LogP contribution >= 0.6 is 0 Å². The molecular weight excluding hydrogens is 331 g/mol. The standard InChI is InChI=1S/C24H26B.H2S/c1-5-13-21(14-6-1)25(22-15-7-2-8-16-22,23-17-9-3-10-18-23)24-19-11-4-12-20-24;/h1-3,5-10,13-18,24H,4,11-12,19-20H2;1H2/q-1;/p+1. The first-order valence-corrected chi connectivity index (χ1v) is 9.75. The zero-order valence-electron chi connectivity index (χ0n) is 15.4. The van der Waals surface area contributed by atoms with Gasteiger partial charge in [0.2, 0.25) is 0 Å². The van der Waals surface area contributed by atoms with Crippen LogP contribution in [0.5, 0.6) is 0 Å². The van der Waals surface area contributed by atoms with Gasteiger partial charge in [-0.3, -0.25) is 0 Å². The molecule has 1 fully saturated rings. The molecule has 0 aliphatic heterocycles. The summed E-state index contributed by atoms with van der Waals surface area (Å²) < 4.78 is 0. The molecule has 0 unspecified atom stereocenters. The van der Waals surface area contributed by atoms with Crippen molar-refractivity contribution in [2.24, 2.45) is 0 Å². The molecule has 0 bridgehead atoms. The summed E-state index contributed by atoms with van der Waals surface area (Å²) in [7, 11) is 0.